The Hall–Kier alpha value is -4.27. The van der Waals surface area contributed by atoms with E-state index in [1.807, 2.05) is 24.5 Å². The Bertz CT molecular complexity index is 1210. The lowest BCUT2D eigenvalue weighted by Crippen LogP contribution is -2.16. The molecule has 3 aromatic heterocycles. The highest BCUT2D eigenvalue weighted by atomic mass is 16.2. The van der Waals surface area contributed by atoms with E-state index in [0.717, 1.165) is 0 Å². The fourth-order valence-electron chi connectivity index (χ4n) is 3.03. The topological polar surface area (TPSA) is 118 Å². The summed E-state index contributed by atoms with van der Waals surface area (Å²) < 4.78 is 1.90. The molecule has 0 bridgehead atoms. The number of nitrogens with one attached hydrogen (secondary N) is 3. The quantitative estimate of drug-likeness (QED) is 0.443. The minimum Gasteiger partial charge on any atom is -0.348 e. The van der Waals surface area contributed by atoms with Crippen molar-refractivity contribution in [2.24, 2.45) is 0 Å². The number of nitrogens with zero attached hydrogens (tertiary/aromatic N) is 4. The second-order valence-electron chi connectivity index (χ2n) is 7.14. The number of H-pyrrole nitrogens is 1. The standard InChI is InChI=1S/C22H21N7O2/c1-14(2)29-13-24-28-20(29)17-8-4-9-19(25-17)27-22(31)16-7-3-6-15(12-16)21(30)26-18-10-5-11-23-18/h3-14,23H,1-2H3,(H,26,30)(H,25,27,31). The molecule has 156 valence electrons. The largest absolute Gasteiger partial charge is 0.348 e. The monoisotopic (exact) mass is 415 g/mol. The summed E-state index contributed by atoms with van der Waals surface area (Å²) in [6.45, 7) is 4.05. The molecule has 0 fully saturated rings. The molecular weight excluding hydrogens is 394 g/mol. The first-order valence-electron chi connectivity index (χ1n) is 9.74. The molecule has 0 saturated carbocycles. The Morgan fingerprint density at radius 2 is 1.71 bits per heavy atom. The first-order valence-corrected chi connectivity index (χ1v) is 9.74. The van der Waals surface area contributed by atoms with Gasteiger partial charge < -0.3 is 20.2 Å². The highest BCUT2D eigenvalue weighted by Gasteiger charge is 2.14. The van der Waals surface area contributed by atoms with Gasteiger partial charge in [0.1, 0.15) is 23.7 Å². The molecule has 0 aliphatic heterocycles. The van der Waals surface area contributed by atoms with Crippen molar-refractivity contribution in [3.8, 4) is 11.5 Å². The maximum absolute atomic E-state index is 12.8. The van der Waals surface area contributed by atoms with Gasteiger partial charge >= 0.3 is 0 Å². The normalized spacial score (nSPS) is 10.8. The van der Waals surface area contributed by atoms with Crippen molar-refractivity contribution in [1.82, 2.24) is 24.7 Å². The van der Waals surface area contributed by atoms with Crippen molar-refractivity contribution < 1.29 is 9.59 Å². The van der Waals surface area contributed by atoms with Crippen molar-refractivity contribution in [3.63, 3.8) is 0 Å². The van der Waals surface area contributed by atoms with E-state index in [9.17, 15) is 9.59 Å². The van der Waals surface area contributed by atoms with Crippen LogP contribution in [0, 0.1) is 0 Å². The van der Waals surface area contributed by atoms with E-state index < -0.39 is 0 Å². The maximum atomic E-state index is 12.8. The smallest absolute Gasteiger partial charge is 0.256 e. The van der Waals surface area contributed by atoms with Crippen LogP contribution in [0.5, 0.6) is 0 Å². The second kappa shape index (κ2) is 8.62. The van der Waals surface area contributed by atoms with Crippen LogP contribution < -0.4 is 10.6 Å². The first-order chi connectivity index (χ1) is 15.0. The predicted octanol–water partition coefficient (Wildman–Crippen LogP) is 3.75. The summed E-state index contributed by atoms with van der Waals surface area (Å²) in [5.74, 6) is 0.890. The van der Waals surface area contributed by atoms with E-state index in [-0.39, 0.29) is 17.9 Å². The molecule has 9 heteroatoms. The number of hydrogen-bond acceptors (Lipinski definition) is 5. The molecule has 0 radical (unpaired) electrons. The van der Waals surface area contributed by atoms with E-state index in [0.29, 0.717) is 34.3 Å². The number of hydrogen-bond donors (Lipinski definition) is 3. The van der Waals surface area contributed by atoms with Crippen LogP contribution in [0.3, 0.4) is 0 Å². The SMILES string of the molecule is CC(C)n1cnnc1-c1cccc(NC(=O)c2cccc(C(=O)Nc3ccc[nH]3)c2)n1. The summed E-state index contributed by atoms with van der Waals surface area (Å²) in [5, 5.41) is 13.6. The number of amides is 2. The molecular formula is C22H21N7O2. The number of pyridine rings is 1. The highest BCUT2D eigenvalue weighted by Crippen LogP contribution is 2.20. The predicted molar refractivity (Wildman–Crippen MR) is 117 cm³/mol. The summed E-state index contributed by atoms with van der Waals surface area (Å²) in [6, 6.07) is 15.5. The first kappa shape index (κ1) is 20.0. The van der Waals surface area contributed by atoms with E-state index in [1.165, 1.54) is 6.07 Å². The third-order valence-corrected chi connectivity index (χ3v) is 4.58. The lowest BCUT2D eigenvalue weighted by atomic mass is 10.1. The molecule has 0 spiro atoms. The van der Waals surface area contributed by atoms with Crippen LogP contribution in [0.1, 0.15) is 40.6 Å². The van der Waals surface area contributed by atoms with Crippen molar-refractivity contribution in [1.29, 1.82) is 0 Å². The zero-order valence-electron chi connectivity index (χ0n) is 17.0. The summed E-state index contributed by atoms with van der Waals surface area (Å²) in [4.78, 5) is 32.6. The molecule has 3 heterocycles. The number of anilines is 2. The van der Waals surface area contributed by atoms with Gasteiger partial charge in [-0.1, -0.05) is 12.1 Å². The van der Waals surface area contributed by atoms with Crippen LogP contribution in [0.15, 0.2) is 67.1 Å². The molecule has 0 aliphatic rings. The molecule has 1 aromatic carbocycles. The lowest BCUT2D eigenvalue weighted by molar-refractivity contribution is 0.102. The van der Waals surface area contributed by atoms with Gasteiger partial charge in [-0.3, -0.25) is 9.59 Å². The van der Waals surface area contributed by atoms with Crippen molar-refractivity contribution in [2.75, 3.05) is 10.6 Å². The Morgan fingerprint density at radius 3 is 2.42 bits per heavy atom. The zero-order valence-corrected chi connectivity index (χ0v) is 17.0. The van der Waals surface area contributed by atoms with Crippen LogP contribution in [0.4, 0.5) is 11.6 Å². The number of aromatic amines is 1. The molecule has 4 aromatic rings. The second-order valence-corrected chi connectivity index (χ2v) is 7.14. The number of carbonyl (C=O) groups excluding carboxylic acids is 2. The van der Waals surface area contributed by atoms with Gasteiger partial charge in [0.15, 0.2) is 5.82 Å². The van der Waals surface area contributed by atoms with Gasteiger partial charge in [0.25, 0.3) is 11.8 Å². The average molecular weight is 415 g/mol. The van der Waals surface area contributed by atoms with E-state index in [1.54, 1.807) is 55.0 Å². The van der Waals surface area contributed by atoms with E-state index >= 15 is 0 Å². The molecule has 9 nitrogen and oxygen atoms in total. The number of aromatic nitrogens is 5. The van der Waals surface area contributed by atoms with E-state index in [2.05, 4.69) is 30.8 Å². The third kappa shape index (κ3) is 4.50. The Kier molecular flexibility index (Phi) is 5.57. The molecule has 0 unspecified atom stereocenters. The number of rotatable bonds is 6. The van der Waals surface area contributed by atoms with Gasteiger partial charge in [0.2, 0.25) is 0 Å². The zero-order chi connectivity index (χ0) is 21.8. The summed E-state index contributed by atoms with van der Waals surface area (Å²) >= 11 is 0. The van der Waals surface area contributed by atoms with Gasteiger partial charge in [-0.05, 0) is 56.3 Å². The molecule has 4 rings (SSSR count). The maximum Gasteiger partial charge on any atom is 0.256 e. The average Bonchev–Trinajstić information content (AvgIpc) is 3.46. The summed E-state index contributed by atoms with van der Waals surface area (Å²) in [6.07, 6.45) is 3.36. The van der Waals surface area contributed by atoms with Gasteiger partial charge in [0.05, 0.1) is 0 Å². The van der Waals surface area contributed by atoms with Crippen LogP contribution in [-0.2, 0) is 0 Å². The van der Waals surface area contributed by atoms with Crippen molar-refractivity contribution in [3.05, 3.63) is 78.2 Å². The minimum absolute atomic E-state index is 0.171. The molecule has 31 heavy (non-hydrogen) atoms. The Balaban J connectivity index is 1.51. The van der Waals surface area contributed by atoms with Crippen LogP contribution in [-0.4, -0.2) is 36.5 Å². The lowest BCUT2D eigenvalue weighted by Gasteiger charge is -2.11. The molecule has 0 saturated heterocycles. The molecule has 0 atom stereocenters. The van der Waals surface area contributed by atoms with Crippen molar-refractivity contribution in [2.45, 2.75) is 19.9 Å². The van der Waals surface area contributed by atoms with Gasteiger partial charge in [0, 0.05) is 23.4 Å². The van der Waals surface area contributed by atoms with Gasteiger partial charge in [-0.2, -0.15) is 0 Å². The minimum atomic E-state index is -0.371. The fourth-order valence-corrected chi connectivity index (χ4v) is 3.03. The Labute approximate surface area is 178 Å². The van der Waals surface area contributed by atoms with Crippen LogP contribution in [0.25, 0.3) is 11.5 Å². The highest BCUT2D eigenvalue weighted by molar-refractivity contribution is 6.08. The Morgan fingerprint density at radius 1 is 0.968 bits per heavy atom. The van der Waals surface area contributed by atoms with Gasteiger partial charge in [-0.15, -0.1) is 10.2 Å². The van der Waals surface area contributed by atoms with E-state index in [4.69, 9.17) is 0 Å². The van der Waals surface area contributed by atoms with Crippen LogP contribution >= 0.6 is 0 Å². The summed E-state index contributed by atoms with van der Waals surface area (Å²) in [7, 11) is 0. The summed E-state index contributed by atoms with van der Waals surface area (Å²) in [5.41, 5.74) is 1.31. The number of carbonyl (C=O) groups is 2. The molecule has 2 amide bonds. The fraction of sp³-hybridized carbons (Fsp3) is 0.136. The van der Waals surface area contributed by atoms with Crippen molar-refractivity contribution >= 4 is 23.5 Å². The molecule has 3 N–H and O–H groups in total. The third-order valence-electron chi connectivity index (χ3n) is 4.58. The van der Waals surface area contributed by atoms with Gasteiger partial charge in [-0.25, -0.2) is 4.98 Å². The number of benzene rings is 1. The van der Waals surface area contributed by atoms with Crippen LogP contribution in [0.2, 0.25) is 0 Å². The molecule has 0 aliphatic carbocycles.